The molecule has 0 N–H and O–H groups in total. The molecule has 0 aliphatic heterocycles. The summed E-state index contributed by atoms with van der Waals surface area (Å²) in [5.74, 6) is 3.41. The Morgan fingerprint density at radius 2 is 2.26 bits per heavy atom. The van der Waals surface area contributed by atoms with Gasteiger partial charge in [0.1, 0.15) is 11.6 Å². The molecule has 1 aliphatic carbocycles. The van der Waals surface area contributed by atoms with Crippen molar-refractivity contribution in [2.24, 2.45) is 11.8 Å². The minimum atomic E-state index is -0.0764. The quantitative estimate of drug-likeness (QED) is 0.791. The molecule has 4 heteroatoms. The molecular weight excluding hydrogens is 260 g/mol. The number of fused-ring (bicyclic) bond motifs is 1. The molecule has 1 aromatic carbocycles. The smallest absolute Gasteiger partial charge is 0.127 e. The van der Waals surface area contributed by atoms with Crippen LogP contribution in [0.4, 0.5) is 0 Å². The van der Waals surface area contributed by atoms with Gasteiger partial charge < -0.3 is 9.30 Å². The molecule has 1 saturated carbocycles. The molecule has 0 amide bonds. The van der Waals surface area contributed by atoms with Crippen LogP contribution in [0.2, 0.25) is 0 Å². The first-order valence-electron chi connectivity index (χ1n) is 6.78. The maximum atomic E-state index is 6.28. The summed E-state index contributed by atoms with van der Waals surface area (Å²) in [6.07, 6.45) is 1.31. The maximum Gasteiger partial charge on any atom is 0.127 e. The second-order valence-electron chi connectivity index (χ2n) is 5.52. The van der Waals surface area contributed by atoms with E-state index in [4.69, 9.17) is 16.3 Å². The molecule has 1 aromatic heterocycles. The Balaban J connectivity index is 2.09. The van der Waals surface area contributed by atoms with Crippen molar-refractivity contribution in [3.63, 3.8) is 0 Å². The van der Waals surface area contributed by atoms with Crippen molar-refractivity contribution < 1.29 is 4.74 Å². The van der Waals surface area contributed by atoms with Gasteiger partial charge >= 0.3 is 0 Å². The Hall–Kier alpha value is -1.22. The van der Waals surface area contributed by atoms with Gasteiger partial charge in [0.15, 0.2) is 0 Å². The first kappa shape index (κ1) is 12.8. The van der Waals surface area contributed by atoms with E-state index in [1.165, 1.54) is 6.42 Å². The van der Waals surface area contributed by atoms with E-state index in [1.54, 1.807) is 7.11 Å². The van der Waals surface area contributed by atoms with Crippen LogP contribution in [-0.2, 0) is 6.54 Å². The number of imidazole rings is 1. The lowest BCUT2D eigenvalue weighted by Gasteiger charge is -2.10. The third kappa shape index (κ3) is 2.32. The van der Waals surface area contributed by atoms with Gasteiger partial charge in [-0.15, -0.1) is 11.6 Å². The Morgan fingerprint density at radius 1 is 1.53 bits per heavy atom. The van der Waals surface area contributed by atoms with Gasteiger partial charge in [0.05, 0.1) is 23.5 Å². The highest BCUT2D eigenvalue weighted by Crippen LogP contribution is 2.40. The Labute approximate surface area is 118 Å². The molecule has 19 heavy (non-hydrogen) atoms. The molecule has 3 unspecified atom stereocenters. The molecule has 0 spiro atoms. The van der Waals surface area contributed by atoms with Gasteiger partial charge in [-0.05, 0) is 37.3 Å². The number of nitrogens with zero attached hydrogens (tertiary/aromatic N) is 2. The molecule has 102 valence electrons. The number of halogens is 1. The van der Waals surface area contributed by atoms with E-state index in [0.717, 1.165) is 41.0 Å². The molecule has 3 nitrogen and oxygen atoms in total. The van der Waals surface area contributed by atoms with Crippen LogP contribution in [0.5, 0.6) is 5.75 Å². The molecule has 3 atom stereocenters. The maximum absolute atomic E-state index is 6.28. The fourth-order valence-corrected chi connectivity index (χ4v) is 2.80. The van der Waals surface area contributed by atoms with Crippen LogP contribution in [0.1, 0.15) is 31.5 Å². The van der Waals surface area contributed by atoms with Gasteiger partial charge in [0.2, 0.25) is 0 Å². The number of benzene rings is 1. The first-order chi connectivity index (χ1) is 9.10. The van der Waals surface area contributed by atoms with E-state index in [-0.39, 0.29) is 5.38 Å². The zero-order valence-corrected chi connectivity index (χ0v) is 12.3. The average Bonchev–Trinajstić information content (AvgIpc) is 2.96. The average molecular weight is 279 g/mol. The van der Waals surface area contributed by atoms with E-state index in [9.17, 15) is 0 Å². The van der Waals surface area contributed by atoms with Crippen molar-refractivity contribution in [2.75, 3.05) is 7.11 Å². The topological polar surface area (TPSA) is 27.1 Å². The van der Waals surface area contributed by atoms with Crippen molar-refractivity contribution in [2.45, 2.75) is 32.2 Å². The largest absolute Gasteiger partial charge is 0.497 e. The molecule has 2 aromatic rings. The Morgan fingerprint density at radius 3 is 2.84 bits per heavy atom. The predicted octanol–water partition coefficient (Wildman–Crippen LogP) is 4.00. The van der Waals surface area contributed by atoms with Crippen LogP contribution in [-0.4, -0.2) is 16.7 Å². The van der Waals surface area contributed by atoms with Gasteiger partial charge in [-0.1, -0.05) is 6.92 Å². The summed E-state index contributed by atoms with van der Waals surface area (Å²) < 4.78 is 7.58. The summed E-state index contributed by atoms with van der Waals surface area (Å²) in [6.45, 7) is 5.29. The van der Waals surface area contributed by atoms with E-state index in [1.807, 2.05) is 19.1 Å². The molecule has 0 bridgehead atoms. The summed E-state index contributed by atoms with van der Waals surface area (Å²) in [4.78, 5) is 4.67. The minimum absolute atomic E-state index is 0.0764. The van der Waals surface area contributed by atoms with Crippen LogP contribution in [0.15, 0.2) is 18.2 Å². The molecule has 0 saturated heterocycles. The standard InChI is InChI=1S/C15H19ClN2O/c1-9-6-11(9)8-18-14-7-12(19-3)4-5-13(14)17-15(18)10(2)16/h4-5,7,9-11H,6,8H2,1-3H3. The normalized spacial score (nSPS) is 23.6. The van der Waals surface area contributed by atoms with E-state index in [2.05, 4.69) is 22.5 Å². The lowest BCUT2D eigenvalue weighted by Crippen LogP contribution is -2.06. The highest BCUT2D eigenvalue weighted by atomic mass is 35.5. The van der Waals surface area contributed by atoms with Crippen LogP contribution in [0, 0.1) is 11.8 Å². The number of hydrogen-bond donors (Lipinski definition) is 0. The summed E-state index contributed by atoms with van der Waals surface area (Å²) in [5, 5.41) is -0.0764. The molecule has 0 radical (unpaired) electrons. The van der Waals surface area contributed by atoms with Crippen LogP contribution in [0.3, 0.4) is 0 Å². The summed E-state index contributed by atoms with van der Waals surface area (Å²) >= 11 is 6.28. The second kappa shape index (κ2) is 4.71. The summed E-state index contributed by atoms with van der Waals surface area (Å²) in [5.41, 5.74) is 2.12. The Kier molecular flexibility index (Phi) is 3.17. The second-order valence-corrected chi connectivity index (χ2v) is 6.18. The van der Waals surface area contributed by atoms with Gasteiger partial charge in [-0.25, -0.2) is 4.98 Å². The number of hydrogen-bond acceptors (Lipinski definition) is 2. The zero-order chi connectivity index (χ0) is 13.6. The fraction of sp³-hybridized carbons (Fsp3) is 0.533. The van der Waals surface area contributed by atoms with Gasteiger partial charge in [-0.3, -0.25) is 0 Å². The number of ether oxygens (including phenoxy) is 1. The third-order valence-corrected chi connectivity index (χ3v) is 4.23. The van der Waals surface area contributed by atoms with Crippen molar-refractivity contribution in [1.82, 2.24) is 9.55 Å². The van der Waals surface area contributed by atoms with Crippen LogP contribution in [0.25, 0.3) is 11.0 Å². The van der Waals surface area contributed by atoms with Crippen molar-refractivity contribution in [3.8, 4) is 5.75 Å². The molecule has 1 fully saturated rings. The van der Waals surface area contributed by atoms with Gasteiger partial charge in [0.25, 0.3) is 0 Å². The SMILES string of the molecule is COc1ccc2nc(C(C)Cl)n(CC3CC3C)c2c1. The van der Waals surface area contributed by atoms with Gasteiger partial charge in [0, 0.05) is 12.6 Å². The van der Waals surface area contributed by atoms with Crippen molar-refractivity contribution >= 4 is 22.6 Å². The lowest BCUT2D eigenvalue weighted by molar-refractivity contribution is 0.415. The summed E-state index contributed by atoms with van der Waals surface area (Å²) in [7, 11) is 1.69. The van der Waals surface area contributed by atoms with E-state index < -0.39 is 0 Å². The van der Waals surface area contributed by atoms with E-state index >= 15 is 0 Å². The molecule has 3 rings (SSSR count). The zero-order valence-electron chi connectivity index (χ0n) is 11.6. The van der Waals surface area contributed by atoms with Crippen molar-refractivity contribution in [3.05, 3.63) is 24.0 Å². The van der Waals surface area contributed by atoms with Crippen LogP contribution < -0.4 is 4.74 Å². The molecule has 1 heterocycles. The van der Waals surface area contributed by atoms with Gasteiger partial charge in [-0.2, -0.15) is 0 Å². The first-order valence-corrected chi connectivity index (χ1v) is 7.22. The minimum Gasteiger partial charge on any atom is -0.497 e. The molecule has 1 aliphatic rings. The fourth-order valence-electron chi connectivity index (χ4n) is 2.63. The monoisotopic (exact) mass is 278 g/mol. The summed E-state index contributed by atoms with van der Waals surface area (Å²) in [6, 6.07) is 6.00. The number of methoxy groups -OCH3 is 1. The number of alkyl halides is 1. The predicted molar refractivity (Wildman–Crippen MR) is 77.8 cm³/mol. The molecular formula is C15H19ClN2O. The number of rotatable bonds is 4. The number of aromatic nitrogens is 2. The third-order valence-electron chi connectivity index (χ3n) is 4.03. The van der Waals surface area contributed by atoms with Crippen LogP contribution >= 0.6 is 11.6 Å². The lowest BCUT2D eigenvalue weighted by atomic mass is 10.2. The Bertz CT molecular complexity index is 605. The van der Waals surface area contributed by atoms with Crippen molar-refractivity contribution in [1.29, 1.82) is 0 Å². The highest BCUT2D eigenvalue weighted by molar-refractivity contribution is 6.20. The van der Waals surface area contributed by atoms with E-state index in [0.29, 0.717) is 0 Å². The highest BCUT2D eigenvalue weighted by Gasteiger charge is 2.34.